The number of carbonyl (C=O) groups is 4. The van der Waals surface area contributed by atoms with Crippen LogP contribution < -0.4 is 10.4 Å². The number of carboxylic acid groups (broad SMARTS) is 1. The highest BCUT2D eigenvalue weighted by Crippen LogP contribution is 2.23. The zero-order chi connectivity index (χ0) is 20.8. The fraction of sp³-hybridized carbons (Fsp3) is 0.333. The molecule has 0 aliphatic carbocycles. The molecular weight excluding hydrogens is 376 g/mol. The second kappa shape index (κ2) is 9.18. The molecule has 1 aliphatic heterocycles. The minimum atomic E-state index is -1.28. The molecule has 29 heavy (non-hydrogen) atoms. The van der Waals surface area contributed by atoms with Gasteiger partial charge in [0, 0.05) is 25.4 Å². The number of benzene rings is 1. The van der Waals surface area contributed by atoms with Gasteiger partial charge in [-0.1, -0.05) is 18.6 Å². The Bertz CT molecular complexity index is 871. The molecule has 1 aromatic heterocycles. The van der Waals surface area contributed by atoms with Gasteiger partial charge in [0.05, 0.1) is 23.4 Å². The van der Waals surface area contributed by atoms with E-state index in [2.05, 4.69) is 5.32 Å². The van der Waals surface area contributed by atoms with Crippen molar-refractivity contribution in [3.63, 3.8) is 0 Å². The van der Waals surface area contributed by atoms with Gasteiger partial charge >= 0.3 is 0 Å². The average Bonchev–Trinajstić information content (AvgIpc) is 3.30. The fourth-order valence-corrected chi connectivity index (χ4v) is 3.32. The van der Waals surface area contributed by atoms with Gasteiger partial charge in [-0.25, -0.2) is 0 Å². The van der Waals surface area contributed by atoms with Crippen LogP contribution in [0.2, 0.25) is 0 Å². The Morgan fingerprint density at radius 2 is 1.69 bits per heavy atom. The van der Waals surface area contributed by atoms with Crippen LogP contribution in [0.25, 0.3) is 0 Å². The van der Waals surface area contributed by atoms with E-state index in [4.69, 9.17) is 4.42 Å². The maximum absolute atomic E-state index is 12.3. The number of aliphatic carboxylic acids is 1. The molecule has 8 heteroatoms. The highest BCUT2D eigenvalue weighted by molar-refractivity contribution is 6.21. The van der Waals surface area contributed by atoms with Gasteiger partial charge in [-0.05, 0) is 37.1 Å². The number of carboxylic acids is 1. The molecule has 2 aromatic rings. The number of hydrogen-bond acceptors (Lipinski definition) is 6. The Labute approximate surface area is 167 Å². The number of unbranched alkanes of at least 4 members (excludes halogenated alkanes) is 2. The van der Waals surface area contributed by atoms with Crippen molar-refractivity contribution in [3.8, 4) is 0 Å². The number of nitrogens with zero attached hydrogens (tertiary/aromatic N) is 1. The van der Waals surface area contributed by atoms with E-state index in [-0.39, 0.29) is 30.6 Å². The lowest BCUT2D eigenvalue weighted by atomic mass is 10.1. The summed E-state index contributed by atoms with van der Waals surface area (Å²) in [5.74, 6) is -1.80. The Morgan fingerprint density at radius 1 is 1.00 bits per heavy atom. The summed E-state index contributed by atoms with van der Waals surface area (Å²) in [7, 11) is 0. The highest BCUT2D eigenvalue weighted by atomic mass is 16.4. The number of fused-ring (bicyclic) bond motifs is 1. The van der Waals surface area contributed by atoms with Crippen LogP contribution in [-0.4, -0.2) is 35.1 Å². The van der Waals surface area contributed by atoms with E-state index >= 15 is 0 Å². The number of furan rings is 1. The lowest BCUT2D eigenvalue weighted by Crippen LogP contribution is -2.34. The van der Waals surface area contributed by atoms with E-state index in [0.717, 1.165) is 0 Å². The van der Waals surface area contributed by atoms with E-state index < -0.39 is 12.0 Å². The maximum Gasteiger partial charge on any atom is 0.261 e. The zero-order valence-corrected chi connectivity index (χ0v) is 15.8. The number of rotatable bonds is 10. The largest absolute Gasteiger partial charge is 0.550 e. The standard InChI is InChI=1S/C21H22N2O6/c24-18(22-16(13-19(25)26)17-9-6-12-29-17)10-2-1-5-11-23-20(27)14-7-3-4-8-15(14)21(23)28/h3-4,6-9,12,16H,1-2,5,10-11,13H2,(H,22,24)(H,25,26)/p-1/t16-/m1/s1. The van der Waals surface area contributed by atoms with Crippen molar-refractivity contribution in [3.05, 3.63) is 59.5 Å². The number of nitrogens with one attached hydrogen (secondary N) is 1. The van der Waals surface area contributed by atoms with Gasteiger partial charge in [-0.3, -0.25) is 19.3 Å². The third-order valence-corrected chi connectivity index (χ3v) is 4.76. The SMILES string of the molecule is O=C([O-])C[C@@H](NC(=O)CCCCCN1C(=O)c2ccccc2C1=O)c1ccco1. The molecule has 0 fully saturated rings. The van der Waals surface area contributed by atoms with Crippen LogP contribution in [0.15, 0.2) is 47.1 Å². The zero-order valence-electron chi connectivity index (χ0n) is 15.8. The summed E-state index contributed by atoms with van der Waals surface area (Å²) in [5, 5.41) is 13.5. The lowest BCUT2D eigenvalue weighted by molar-refractivity contribution is -0.306. The van der Waals surface area contributed by atoms with Gasteiger partial charge in [0.2, 0.25) is 5.91 Å². The molecule has 0 saturated carbocycles. The molecule has 0 unspecified atom stereocenters. The van der Waals surface area contributed by atoms with Gasteiger partial charge in [-0.15, -0.1) is 0 Å². The Balaban J connectivity index is 1.40. The smallest absolute Gasteiger partial charge is 0.261 e. The molecule has 0 saturated heterocycles. The van der Waals surface area contributed by atoms with Crippen LogP contribution in [0.3, 0.4) is 0 Å². The molecule has 3 amide bonds. The monoisotopic (exact) mass is 397 g/mol. The number of imide groups is 1. The number of amides is 3. The van der Waals surface area contributed by atoms with Crippen LogP contribution in [0.5, 0.6) is 0 Å². The maximum atomic E-state index is 12.3. The number of hydrogen-bond donors (Lipinski definition) is 1. The van der Waals surface area contributed by atoms with E-state index in [1.54, 1.807) is 36.4 Å². The van der Waals surface area contributed by atoms with Crippen molar-refractivity contribution in [2.75, 3.05) is 6.54 Å². The predicted octanol–water partition coefficient (Wildman–Crippen LogP) is 1.43. The van der Waals surface area contributed by atoms with Crippen LogP contribution in [-0.2, 0) is 9.59 Å². The Kier molecular flexibility index (Phi) is 6.43. The molecule has 3 rings (SSSR count). The summed E-state index contributed by atoms with van der Waals surface area (Å²) in [4.78, 5) is 48.8. The first-order chi connectivity index (χ1) is 14.0. The molecule has 1 aliphatic rings. The first kappa shape index (κ1) is 20.3. The predicted molar refractivity (Wildman–Crippen MR) is 99.5 cm³/mol. The molecule has 8 nitrogen and oxygen atoms in total. The van der Waals surface area contributed by atoms with Gasteiger partial charge in [0.25, 0.3) is 11.8 Å². The Hall–Kier alpha value is -3.42. The lowest BCUT2D eigenvalue weighted by Gasteiger charge is -2.17. The first-order valence-corrected chi connectivity index (χ1v) is 9.45. The second-order valence-corrected chi connectivity index (χ2v) is 6.83. The van der Waals surface area contributed by atoms with Gasteiger partial charge < -0.3 is 19.6 Å². The third-order valence-electron chi connectivity index (χ3n) is 4.76. The summed E-state index contributed by atoms with van der Waals surface area (Å²) >= 11 is 0. The van der Waals surface area contributed by atoms with E-state index in [0.29, 0.717) is 42.7 Å². The van der Waals surface area contributed by atoms with Crippen molar-refractivity contribution in [1.29, 1.82) is 0 Å². The van der Waals surface area contributed by atoms with Crippen LogP contribution >= 0.6 is 0 Å². The van der Waals surface area contributed by atoms with E-state index in [1.807, 2.05) is 0 Å². The molecular formula is C21H21N2O6-. The third kappa shape index (κ3) is 4.90. The topological polar surface area (TPSA) is 120 Å². The Morgan fingerprint density at radius 3 is 2.28 bits per heavy atom. The molecule has 152 valence electrons. The summed E-state index contributed by atoms with van der Waals surface area (Å²) in [6, 6.07) is 9.16. The summed E-state index contributed by atoms with van der Waals surface area (Å²) in [6.07, 6.45) is 3.01. The average molecular weight is 397 g/mol. The molecule has 0 spiro atoms. The van der Waals surface area contributed by atoms with E-state index in [9.17, 15) is 24.3 Å². The summed E-state index contributed by atoms with van der Waals surface area (Å²) in [6.45, 7) is 0.299. The molecule has 1 N–H and O–H groups in total. The van der Waals surface area contributed by atoms with Crippen molar-refractivity contribution < 1.29 is 28.7 Å². The van der Waals surface area contributed by atoms with Crippen molar-refractivity contribution in [2.45, 2.75) is 38.1 Å². The van der Waals surface area contributed by atoms with Crippen molar-refractivity contribution in [2.24, 2.45) is 0 Å². The summed E-state index contributed by atoms with van der Waals surface area (Å²) < 4.78 is 5.17. The number of carbonyl (C=O) groups excluding carboxylic acids is 4. The van der Waals surface area contributed by atoms with E-state index in [1.165, 1.54) is 11.2 Å². The molecule has 1 atom stereocenters. The van der Waals surface area contributed by atoms with Gasteiger partial charge in [0.1, 0.15) is 5.76 Å². The first-order valence-electron chi connectivity index (χ1n) is 9.45. The molecule has 0 radical (unpaired) electrons. The molecule has 0 bridgehead atoms. The molecule has 1 aromatic carbocycles. The van der Waals surface area contributed by atoms with Crippen molar-refractivity contribution in [1.82, 2.24) is 10.2 Å². The van der Waals surface area contributed by atoms with Gasteiger partial charge in [-0.2, -0.15) is 0 Å². The minimum absolute atomic E-state index is 0.201. The second-order valence-electron chi connectivity index (χ2n) is 6.83. The minimum Gasteiger partial charge on any atom is -0.550 e. The van der Waals surface area contributed by atoms with Crippen LogP contribution in [0.4, 0.5) is 0 Å². The van der Waals surface area contributed by atoms with Crippen molar-refractivity contribution >= 4 is 23.7 Å². The normalized spacial score (nSPS) is 14.0. The van der Waals surface area contributed by atoms with Gasteiger partial charge in [0.15, 0.2) is 0 Å². The quantitative estimate of drug-likeness (QED) is 0.478. The molecule has 2 heterocycles. The fourth-order valence-electron chi connectivity index (χ4n) is 3.32. The summed E-state index contributed by atoms with van der Waals surface area (Å²) in [5.41, 5.74) is 0.850. The van der Waals surface area contributed by atoms with Crippen LogP contribution in [0, 0.1) is 0 Å². The van der Waals surface area contributed by atoms with Crippen LogP contribution in [0.1, 0.15) is 64.6 Å². The highest BCUT2D eigenvalue weighted by Gasteiger charge is 2.34.